The molecule has 0 aromatic heterocycles. The Morgan fingerprint density at radius 2 is 0.688 bits per heavy atom. The van der Waals surface area contributed by atoms with Gasteiger partial charge in [0.1, 0.15) is 0 Å². The summed E-state index contributed by atoms with van der Waals surface area (Å²) in [5.41, 5.74) is 0. The van der Waals surface area contributed by atoms with Crippen LogP contribution in [0.1, 0.15) is 12.8 Å². The Labute approximate surface area is 186 Å². The molecule has 174 valence electrons. The fourth-order valence-electron chi connectivity index (χ4n) is 10.1. The summed E-state index contributed by atoms with van der Waals surface area (Å²) in [5.74, 6) is 0.0300. The lowest BCUT2D eigenvalue weighted by Crippen LogP contribution is -2.70. The second-order valence-corrected chi connectivity index (χ2v) is 10.8. The van der Waals surface area contributed by atoms with Crippen LogP contribution < -0.4 is 0 Å². The summed E-state index contributed by atoms with van der Waals surface area (Å²) in [6.07, 6.45) is 2.08. The quantitative estimate of drug-likeness (QED) is 0.468. The molecule has 14 unspecified atom stereocenters. The van der Waals surface area contributed by atoms with E-state index in [9.17, 15) is 19.2 Å². The van der Waals surface area contributed by atoms with Gasteiger partial charge in [-0.15, -0.1) is 0 Å². The number of carbonyl (C=O) groups excluding carboxylic acids is 4. The first kappa shape index (κ1) is 20.5. The molecule has 4 bridgehead atoms. The molecule has 0 N–H and O–H groups in total. The number of rotatable bonds is 4. The SMILES string of the molecule is COC(=O)C1C(C(=O)OC)C2C3CC(C4CC3C3C4C4C(C(=O)OC)C(C(=O)OC)C34)C12. The maximum Gasteiger partial charge on any atom is 0.309 e. The van der Waals surface area contributed by atoms with Crippen LogP contribution in [0.2, 0.25) is 0 Å². The summed E-state index contributed by atoms with van der Waals surface area (Å²) in [7, 11) is 5.52. The van der Waals surface area contributed by atoms with Gasteiger partial charge < -0.3 is 18.9 Å². The van der Waals surface area contributed by atoms with E-state index in [1.807, 2.05) is 0 Å². The topological polar surface area (TPSA) is 105 Å². The molecule has 6 aliphatic carbocycles. The van der Waals surface area contributed by atoms with Crippen molar-refractivity contribution >= 4 is 23.9 Å². The van der Waals surface area contributed by atoms with Gasteiger partial charge in [0.05, 0.1) is 52.1 Å². The molecule has 6 saturated carbocycles. The first-order valence-electron chi connectivity index (χ1n) is 11.7. The molecular formula is C24H30O8. The van der Waals surface area contributed by atoms with E-state index in [2.05, 4.69) is 0 Å². The second kappa shape index (κ2) is 6.70. The fraction of sp³-hybridized carbons (Fsp3) is 0.833. The molecule has 14 atom stereocenters. The average Bonchev–Trinajstić information content (AvgIpc) is 3.19. The molecule has 0 aliphatic heterocycles. The minimum absolute atomic E-state index is 0.152. The summed E-state index contributed by atoms with van der Waals surface area (Å²) in [5, 5.41) is 0. The number of methoxy groups -OCH3 is 4. The van der Waals surface area contributed by atoms with Crippen LogP contribution in [0.4, 0.5) is 0 Å². The summed E-state index contributed by atoms with van der Waals surface area (Å²) < 4.78 is 20.3. The van der Waals surface area contributed by atoms with Gasteiger partial charge >= 0.3 is 23.9 Å². The van der Waals surface area contributed by atoms with Crippen molar-refractivity contribution < 1.29 is 38.1 Å². The van der Waals surface area contributed by atoms with E-state index in [1.165, 1.54) is 28.4 Å². The lowest BCUT2D eigenvalue weighted by molar-refractivity contribution is -0.240. The lowest BCUT2D eigenvalue weighted by Gasteiger charge is -2.67. The molecule has 6 rings (SSSR count). The summed E-state index contributed by atoms with van der Waals surface area (Å²) in [6.45, 7) is 0. The van der Waals surface area contributed by atoms with E-state index in [4.69, 9.17) is 18.9 Å². The standard InChI is InChI=1S/C24H30O8/c1-29-21(25)17-13-9-6-10(14(13)18(17)22(26)30-2)8-5-7(9)11-12(8)16-15(11)19(23(27)31-3)20(16)24(28)32-4/h7-20H,5-6H2,1-4H3. The van der Waals surface area contributed by atoms with Gasteiger partial charge in [-0.1, -0.05) is 0 Å². The number of hydrogen-bond acceptors (Lipinski definition) is 8. The van der Waals surface area contributed by atoms with Crippen LogP contribution >= 0.6 is 0 Å². The Morgan fingerprint density at radius 3 is 0.969 bits per heavy atom. The first-order chi connectivity index (χ1) is 15.4. The Bertz CT molecular complexity index is 824. The molecular weight excluding hydrogens is 416 g/mol. The van der Waals surface area contributed by atoms with Crippen molar-refractivity contribution in [2.24, 2.45) is 82.9 Å². The number of ether oxygens (including phenoxy) is 4. The van der Waals surface area contributed by atoms with Gasteiger partial charge in [-0.2, -0.15) is 0 Å². The highest BCUT2D eigenvalue weighted by molar-refractivity contribution is 5.86. The van der Waals surface area contributed by atoms with Crippen LogP contribution in [0.25, 0.3) is 0 Å². The minimum atomic E-state index is -0.429. The lowest BCUT2D eigenvalue weighted by atomic mass is 9.35. The van der Waals surface area contributed by atoms with Gasteiger partial charge in [-0.25, -0.2) is 0 Å². The first-order valence-corrected chi connectivity index (χ1v) is 11.7. The van der Waals surface area contributed by atoms with E-state index in [1.54, 1.807) is 0 Å². The molecule has 0 aromatic rings. The van der Waals surface area contributed by atoms with Crippen molar-refractivity contribution in [1.82, 2.24) is 0 Å². The van der Waals surface area contributed by atoms with Gasteiger partial charge in [0, 0.05) is 0 Å². The van der Waals surface area contributed by atoms with E-state index in [-0.39, 0.29) is 47.5 Å². The average molecular weight is 446 g/mol. The van der Waals surface area contributed by atoms with E-state index >= 15 is 0 Å². The van der Waals surface area contributed by atoms with Gasteiger partial charge in [0.15, 0.2) is 0 Å². The van der Waals surface area contributed by atoms with Crippen LogP contribution in [0.5, 0.6) is 0 Å². The molecule has 0 saturated heterocycles. The molecule has 8 nitrogen and oxygen atoms in total. The molecule has 0 radical (unpaired) electrons. The van der Waals surface area contributed by atoms with Crippen molar-refractivity contribution in [3.8, 4) is 0 Å². The Hall–Kier alpha value is -2.12. The van der Waals surface area contributed by atoms with Gasteiger partial charge in [-0.3, -0.25) is 19.2 Å². The van der Waals surface area contributed by atoms with E-state index in [0.717, 1.165) is 12.8 Å². The Morgan fingerprint density at radius 1 is 0.438 bits per heavy atom. The molecule has 8 heteroatoms. The maximum absolute atomic E-state index is 12.6. The van der Waals surface area contributed by atoms with Gasteiger partial charge in [0.25, 0.3) is 0 Å². The summed E-state index contributed by atoms with van der Waals surface area (Å²) in [4.78, 5) is 50.4. The predicted molar refractivity (Wildman–Crippen MR) is 106 cm³/mol. The van der Waals surface area contributed by atoms with Crippen LogP contribution in [-0.4, -0.2) is 52.3 Å². The van der Waals surface area contributed by atoms with Crippen LogP contribution in [0.3, 0.4) is 0 Å². The van der Waals surface area contributed by atoms with Crippen molar-refractivity contribution in [1.29, 1.82) is 0 Å². The van der Waals surface area contributed by atoms with Gasteiger partial charge in [0.2, 0.25) is 0 Å². The van der Waals surface area contributed by atoms with Crippen LogP contribution in [0.15, 0.2) is 0 Å². The number of carbonyl (C=O) groups is 4. The molecule has 0 spiro atoms. The molecule has 6 aliphatic rings. The van der Waals surface area contributed by atoms with Crippen LogP contribution in [-0.2, 0) is 38.1 Å². The number of fused-ring (bicyclic) bond motifs is 3. The zero-order valence-electron chi connectivity index (χ0n) is 18.8. The van der Waals surface area contributed by atoms with Crippen molar-refractivity contribution in [2.75, 3.05) is 28.4 Å². The van der Waals surface area contributed by atoms with E-state index < -0.39 is 23.7 Å². The zero-order valence-corrected chi connectivity index (χ0v) is 18.8. The highest BCUT2D eigenvalue weighted by atomic mass is 16.5. The summed E-state index contributed by atoms with van der Waals surface area (Å²) >= 11 is 0. The molecule has 0 heterocycles. The smallest absolute Gasteiger partial charge is 0.309 e. The third kappa shape index (κ3) is 2.10. The second-order valence-electron chi connectivity index (χ2n) is 10.8. The van der Waals surface area contributed by atoms with Gasteiger partial charge in [-0.05, 0) is 72.0 Å². The molecule has 0 aromatic carbocycles. The van der Waals surface area contributed by atoms with Crippen molar-refractivity contribution in [3.63, 3.8) is 0 Å². The molecule has 0 amide bonds. The van der Waals surface area contributed by atoms with Crippen LogP contribution in [0, 0.1) is 82.9 Å². The maximum atomic E-state index is 12.6. The van der Waals surface area contributed by atoms with Crippen molar-refractivity contribution in [2.45, 2.75) is 12.8 Å². The fourth-order valence-corrected chi connectivity index (χ4v) is 10.1. The van der Waals surface area contributed by atoms with Crippen molar-refractivity contribution in [3.05, 3.63) is 0 Å². The predicted octanol–water partition coefficient (Wildman–Crippen LogP) is 1.17. The van der Waals surface area contributed by atoms with E-state index in [0.29, 0.717) is 35.5 Å². The Kier molecular flexibility index (Phi) is 4.29. The molecule has 6 fully saturated rings. The monoisotopic (exact) mass is 446 g/mol. The number of esters is 4. The zero-order chi connectivity index (χ0) is 22.6. The third-order valence-electron chi connectivity index (χ3n) is 10.7. The normalized spacial score (nSPS) is 52.6. The minimum Gasteiger partial charge on any atom is -0.469 e. The highest BCUT2D eigenvalue weighted by Crippen LogP contribution is 2.81. The summed E-state index contributed by atoms with van der Waals surface area (Å²) in [6, 6.07) is 0. The largest absolute Gasteiger partial charge is 0.469 e. The Balaban J connectivity index is 1.33. The molecule has 32 heavy (non-hydrogen) atoms. The highest BCUT2D eigenvalue weighted by Gasteiger charge is 2.81. The third-order valence-corrected chi connectivity index (χ3v) is 10.7. The number of hydrogen-bond donors (Lipinski definition) is 0.